The molecule has 0 atom stereocenters. The predicted molar refractivity (Wildman–Crippen MR) is 63.6 cm³/mol. The Morgan fingerprint density at radius 2 is 1.88 bits per heavy atom. The van der Waals surface area contributed by atoms with Gasteiger partial charge in [0, 0.05) is 17.9 Å². The summed E-state index contributed by atoms with van der Waals surface area (Å²) in [5, 5.41) is 1.51. The van der Waals surface area contributed by atoms with E-state index in [0.717, 1.165) is 5.47 Å². The van der Waals surface area contributed by atoms with E-state index in [2.05, 4.69) is 4.99 Å². The van der Waals surface area contributed by atoms with Crippen molar-refractivity contribution in [3.63, 3.8) is 0 Å². The van der Waals surface area contributed by atoms with Gasteiger partial charge in [0.2, 0.25) is 0 Å². The molecular formula is C10H18BN3O2. The van der Waals surface area contributed by atoms with Crippen molar-refractivity contribution >= 4 is 13.3 Å². The van der Waals surface area contributed by atoms with Crippen molar-refractivity contribution in [3.05, 3.63) is 11.7 Å². The molecule has 2 N–H and O–H groups in total. The Bertz CT molecular complexity index is 336. The third kappa shape index (κ3) is 1.88. The van der Waals surface area contributed by atoms with Crippen LogP contribution in [-0.2, 0) is 9.31 Å². The Labute approximate surface area is 96.4 Å². The molecule has 0 amide bonds. The van der Waals surface area contributed by atoms with Crippen LogP contribution in [0, 0.1) is 0 Å². The lowest BCUT2D eigenvalue weighted by atomic mass is 9.79. The first-order valence-electron chi connectivity index (χ1n) is 5.40. The summed E-state index contributed by atoms with van der Waals surface area (Å²) in [6, 6.07) is 0. The monoisotopic (exact) mass is 223 g/mol. The van der Waals surface area contributed by atoms with Crippen LogP contribution < -0.4 is 5.84 Å². The largest absolute Gasteiger partial charge is 0.497 e. The highest BCUT2D eigenvalue weighted by molar-refractivity contribution is 6.60. The Hall–Kier alpha value is -0.845. The SMILES string of the molecule is CC1(C)OB(C2=CN(N)CN=C2)OC1(C)C. The maximum absolute atomic E-state index is 5.89. The molecule has 1 fully saturated rings. The van der Waals surface area contributed by atoms with E-state index < -0.39 is 0 Å². The van der Waals surface area contributed by atoms with Gasteiger partial charge in [0.05, 0.1) is 11.2 Å². The molecule has 2 heterocycles. The lowest BCUT2D eigenvalue weighted by Crippen LogP contribution is -2.41. The van der Waals surface area contributed by atoms with Crippen LogP contribution >= 0.6 is 0 Å². The molecule has 0 saturated carbocycles. The van der Waals surface area contributed by atoms with Crippen molar-refractivity contribution in [2.24, 2.45) is 10.8 Å². The predicted octanol–water partition coefficient (Wildman–Crippen LogP) is 0.719. The van der Waals surface area contributed by atoms with Crippen LogP contribution in [0.5, 0.6) is 0 Å². The smallest absolute Gasteiger partial charge is 0.399 e. The second-order valence-electron chi connectivity index (χ2n) is 5.18. The molecule has 0 radical (unpaired) electrons. The molecular weight excluding hydrogens is 205 g/mol. The average molecular weight is 223 g/mol. The average Bonchev–Trinajstić information content (AvgIpc) is 2.36. The van der Waals surface area contributed by atoms with Crippen LogP contribution in [-0.4, -0.2) is 36.2 Å². The van der Waals surface area contributed by atoms with Crippen LogP contribution in [0.1, 0.15) is 27.7 Å². The van der Waals surface area contributed by atoms with Crippen LogP contribution in [0.2, 0.25) is 0 Å². The molecule has 0 aromatic carbocycles. The minimum Gasteiger partial charge on any atom is -0.399 e. The lowest BCUT2D eigenvalue weighted by Gasteiger charge is -2.32. The maximum Gasteiger partial charge on any atom is 0.497 e. The second kappa shape index (κ2) is 3.58. The molecule has 5 nitrogen and oxygen atoms in total. The number of aliphatic imine (C=N–C) groups is 1. The van der Waals surface area contributed by atoms with E-state index in [1.807, 2.05) is 27.7 Å². The van der Waals surface area contributed by atoms with Gasteiger partial charge in [0.25, 0.3) is 0 Å². The normalized spacial score (nSPS) is 27.2. The van der Waals surface area contributed by atoms with Gasteiger partial charge >= 0.3 is 7.12 Å². The first kappa shape index (κ1) is 11.6. The number of rotatable bonds is 1. The van der Waals surface area contributed by atoms with Gasteiger partial charge in [-0.05, 0) is 27.7 Å². The Morgan fingerprint density at radius 1 is 1.31 bits per heavy atom. The second-order valence-corrected chi connectivity index (χ2v) is 5.18. The fourth-order valence-electron chi connectivity index (χ4n) is 1.61. The first-order valence-corrected chi connectivity index (χ1v) is 5.40. The molecule has 1 saturated heterocycles. The number of hydrogen-bond donors (Lipinski definition) is 1. The Morgan fingerprint density at radius 3 is 2.38 bits per heavy atom. The van der Waals surface area contributed by atoms with Crippen LogP contribution in [0.3, 0.4) is 0 Å². The van der Waals surface area contributed by atoms with Gasteiger partial charge in [-0.2, -0.15) is 0 Å². The van der Waals surface area contributed by atoms with E-state index in [0.29, 0.717) is 6.67 Å². The van der Waals surface area contributed by atoms with Gasteiger partial charge in [0.1, 0.15) is 6.67 Å². The van der Waals surface area contributed by atoms with Crippen molar-refractivity contribution in [2.75, 3.05) is 6.67 Å². The Kier molecular flexibility index (Phi) is 2.60. The van der Waals surface area contributed by atoms with Gasteiger partial charge in [-0.25, -0.2) is 5.84 Å². The lowest BCUT2D eigenvalue weighted by molar-refractivity contribution is 0.00578. The highest BCUT2D eigenvalue weighted by Crippen LogP contribution is 2.38. The van der Waals surface area contributed by atoms with Gasteiger partial charge in [-0.15, -0.1) is 0 Å². The van der Waals surface area contributed by atoms with Crippen LogP contribution in [0.4, 0.5) is 0 Å². The quantitative estimate of drug-likeness (QED) is 0.525. The van der Waals surface area contributed by atoms with Gasteiger partial charge in [-0.3, -0.25) is 10.0 Å². The van der Waals surface area contributed by atoms with Crippen LogP contribution in [0.25, 0.3) is 0 Å². The summed E-state index contributed by atoms with van der Waals surface area (Å²) >= 11 is 0. The van der Waals surface area contributed by atoms with Crippen molar-refractivity contribution in [2.45, 2.75) is 38.9 Å². The summed E-state index contributed by atoms with van der Waals surface area (Å²) in [4.78, 5) is 4.13. The molecule has 2 aliphatic rings. The summed E-state index contributed by atoms with van der Waals surface area (Å²) in [5.74, 6) is 5.66. The molecule has 2 aliphatic heterocycles. The van der Waals surface area contributed by atoms with Crippen molar-refractivity contribution in [1.82, 2.24) is 5.01 Å². The summed E-state index contributed by atoms with van der Waals surface area (Å²) in [7, 11) is -0.389. The summed E-state index contributed by atoms with van der Waals surface area (Å²) in [5.41, 5.74) is 0.194. The fourth-order valence-corrected chi connectivity index (χ4v) is 1.61. The summed E-state index contributed by atoms with van der Waals surface area (Å²) in [6.07, 6.45) is 3.56. The number of hydrogen-bond acceptors (Lipinski definition) is 5. The van der Waals surface area contributed by atoms with E-state index in [1.165, 1.54) is 5.01 Å². The molecule has 0 bridgehead atoms. The standard InChI is InChI=1S/C10H18BN3O2/c1-9(2)10(3,4)16-11(15-9)8-5-13-7-14(12)6-8/h5-6H,7,12H2,1-4H3. The number of nitrogens with two attached hydrogens (primary N) is 1. The molecule has 88 valence electrons. The third-order valence-corrected chi connectivity index (χ3v) is 3.33. The molecule has 6 heteroatoms. The van der Waals surface area contributed by atoms with Gasteiger partial charge in [0.15, 0.2) is 0 Å². The van der Waals surface area contributed by atoms with E-state index in [9.17, 15) is 0 Å². The minimum atomic E-state index is -0.389. The molecule has 16 heavy (non-hydrogen) atoms. The zero-order valence-corrected chi connectivity index (χ0v) is 10.2. The number of nitrogens with zero attached hydrogens (tertiary/aromatic N) is 2. The van der Waals surface area contributed by atoms with Gasteiger partial charge < -0.3 is 9.31 Å². The van der Waals surface area contributed by atoms with Crippen LogP contribution in [0.15, 0.2) is 16.7 Å². The van der Waals surface area contributed by atoms with Crippen molar-refractivity contribution in [1.29, 1.82) is 0 Å². The third-order valence-electron chi connectivity index (χ3n) is 3.33. The molecule has 2 rings (SSSR count). The molecule has 0 aliphatic carbocycles. The Balaban J connectivity index is 2.18. The molecule has 0 aromatic heterocycles. The van der Waals surface area contributed by atoms with Crippen molar-refractivity contribution in [3.8, 4) is 0 Å². The zero-order chi connectivity index (χ0) is 12.0. The molecule has 0 aromatic rings. The summed E-state index contributed by atoms with van der Waals surface area (Å²) < 4.78 is 11.8. The fraction of sp³-hybridized carbons (Fsp3) is 0.700. The van der Waals surface area contributed by atoms with E-state index in [-0.39, 0.29) is 18.3 Å². The topological polar surface area (TPSA) is 60.1 Å². The van der Waals surface area contributed by atoms with E-state index >= 15 is 0 Å². The number of hydrazine groups is 1. The summed E-state index contributed by atoms with van der Waals surface area (Å²) in [6.45, 7) is 8.56. The number of allylic oxidation sites excluding steroid dienone is 1. The first-order chi connectivity index (χ1) is 7.32. The zero-order valence-electron chi connectivity index (χ0n) is 10.2. The van der Waals surface area contributed by atoms with Gasteiger partial charge in [-0.1, -0.05) is 0 Å². The van der Waals surface area contributed by atoms with Crippen molar-refractivity contribution < 1.29 is 9.31 Å². The minimum absolute atomic E-state index is 0.330. The van der Waals surface area contributed by atoms with E-state index in [4.69, 9.17) is 15.2 Å². The molecule has 0 unspecified atom stereocenters. The van der Waals surface area contributed by atoms with E-state index in [1.54, 1.807) is 12.4 Å². The highest BCUT2D eigenvalue weighted by atomic mass is 16.7. The molecule has 0 spiro atoms. The highest BCUT2D eigenvalue weighted by Gasteiger charge is 2.52. The maximum atomic E-state index is 5.89.